The van der Waals surface area contributed by atoms with Gasteiger partial charge in [0.05, 0.1) is 23.3 Å². The van der Waals surface area contributed by atoms with Gasteiger partial charge in [-0.25, -0.2) is 9.97 Å². The third-order valence-corrected chi connectivity index (χ3v) is 23.0. The molecule has 0 spiro atoms. The van der Waals surface area contributed by atoms with Crippen LogP contribution in [0.3, 0.4) is 0 Å². The van der Waals surface area contributed by atoms with Gasteiger partial charge in [-0.3, -0.25) is 0 Å². The van der Waals surface area contributed by atoms with Crippen LogP contribution in [-0.2, 0) is 16.5 Å². The predicted octanol–water partition coefficient (Wildman–Crippen LogP) is 26.2. The smallest absolute Gasteiger partial charge is 0.357 e. The molecule has 5 heterocycles. The van der Waals surface area contributed by atoms with Crippen LogP contribution in [0.2, 0.25) is 0 Å². The van der Waals surface area contributed by atoms with Crippen LogP contribution < -0.4 is 9.97 Å². The minimum absolute atomic E-state index is 0. The maximum absolute atomic E-state index is 5.52. The van der Waals surface area contributed by atoms with Gasteiger partial charge >= 0.3 is 16.5 Å². The molecule has 8 bridgehead atoms. The molecule has 506 valence electrons. The van der Waals surface area contributed by atoms with Crippen LogP contribution >= 0.6 is 47.0 Å². The van der Waals surface area contributed by atoms with Crippen LogP contribution in [0.1, 0.15) is 285 Å². The summed E-state index contributed by atoms with van der Waals surface area (Å²) in [6, 6.07) is 27.0. The van der Waals surface area contributed by atoms with Crippen LogP contribution in [0.15, 0.2) is 92.4 Å². The molecular weight excluding hydrogens is 1260 g/mol. The Hall–Kier alpha value is -3.87. The van der Waals surface area contributed by atoms with E-state index in [0.29, 0.717) is 45.9 Å². The summed E-state index contributed by atoms with van der Waals surface area (Å²) in [5, 5.41) is 3.87. The van der Waals surface area contributed by atoms with Crippen molar-refractivity contribution in [3.05, 3.63) is 72.8 Å². The zero-order valence-corrected chi connectivity index (χ0v) is 61.8. The molecule has 7 aromatic rings. The molecule has 2 aliphatic rings. The predicted molar refractivity (Wildman–Crippen MR) is 404 cm³/mol. The number of aromatic nitrogens is 8. The number of thioether (sulfide) groups is 4. The van der Waals surface area contributed by atoms with Crippen molar-refractivity contribution in [1.82, 2.24) is 39.9 Å². The van der Waals surface area contributed by atoms with Crippen molar-refractivity contribution < 1.29 is 16.5 Å². The molecule has 0 aliphatic carbocycles. The van der Waals surface area contributed by atoms with E-state index in [-0.39, 0.29) is 16.5 Å². The van der Waals surface area contributed by atoms with Gasteiger partial charge in [0, 0.05) is 64.4 Å². The average molecular weight is 1370 g/mol. The van der Waals surface area contributed by atoms with Gasteiger partial charge in [-0.2, -0.15) is 0 Å². The summed E-state index contributed by atoms with van der Waals surface area (Å²) in [5.41, 5.74) is 6.33. The Bertz CT molecular complexity index is 3470. The van der Waals surface area contributed by atoms with Crippen LogP contribution in [0.25, 0.3) is 89.7 Å². The molecule has 0 N–H and O–H groups in total. The molecule has 13 heteroatoms. The zero-order valence-electron chi connectivity index (χ0n) is 57.6. The Labute approximate surface area is 588 Å². The fourth-order valence-electron chi connectivity index (χ4n) is 13.1. The number of benzene rings is 4. The van der Waals surface area contributed by atoms with Crippen LogP contribution in [0.4, 0.5) is 0 Å². The Morgan fingerprint density at radius 2 is 0.462 bits per heavy atom. The summed E-state index contributed by atoms with van der Waals surface area (Å²) in [7, 11) is 0. The van der Waals surface area contributed by atoms with E-state index in [0.717, 1.165) is 66.8 Å². The van der Waals surface area contributed by atoms with Gasteiger partial charge in [-0.05, 0) is 119 Å². The number of unbranched alkanes of at least 4 members (excludes halogenated alkanes) is 36. The number of rotatable bonds is 48. The summed E-state index contributed by atoms with van der Waals surface area (Å²) in [6.45, 7) is 9.20. The van der Waals surface area contributed by atoms with Crippen molar-refractivity contribution in [2.24, 2.45) is 0 Å². The summed E-state index contributed by atoms with van der Waals surface area (Å²) in [4.78, 5) is 48.2. The molecular formula is C80H112N8NiS4. The van der Waals surface area contributed by atoms with E-state index in [1.54, 1.807) is 0 Å². The van der Waals surface area contributed by atoms with Crippen molar-refractivity contribution in [1.29, 1.82) is 0 Å². The number of hydrogen-bond donors (Lipinski definition) is 0. The first kappa shape index (κ1) is 74.9. The monoisotopic (exact) mass is 1370 g/mol. The van der Waals surface area contributed by atoms with E-state index >= 15 is 0 Å². The molecule has 93 heavy (non-hydrogen) atoms. The van der Waals surface area contributed by atoms with E-state index in [9.17, 15) is 0 Å². The SMILES string of the molecule is CCCCCCCCCCCCSc1ccc2c(c1)-c1nc-2nc2[n-]c(nc3nc(nc4[n-]c(n1)c1ccc(SCCCCCCCCCCCC)cc41)-c1cc(SCCCCCCCCCCCC)ccc1-3)c1cc(SCCCCCCCCCCCC)ccc21.[Ni+2]. The minimum atomic E-state index is 0. The Morgan fingerprint density at radius 1 is 0.237 bits per heavy atom. The fraction of sp³-hybridized carbons (Fsp3) is 0.600. The van der Waals surface area contributed by atoms with Gasteiger partial charge in [0.15, 0.2) is 0 Å². The van der Waals surface area contributed by atoms with Crippen LogP contribution in [0.5, 0.6) is 0 Å². The normalized spacial score (nSPS) is 11.9. The Kier molecular flexibility index (Phi) is 35.0. The molecule has 0 unspecified atom stereocenters. The molecule has 0 saturated heterocycles. The Balaban J connectivity index is 0.0000111. The second kappa shape index (κ2) is 43.4. The van der Waals surface area contributed by atoms with Gasteiger partial charge < -0.3 is 29.9 Å². The van der Waals surface area contributed by atoms with Gasteiger partial charge in [0.2, 0.25) is 0 Å². The van der Waals surface area contributed by atoms with Crippen LogP contribution in [-0.4, -0.2) is 52.9 Å². The van der Waals surface area contributed by atoms with E-state index in [4.69, 9.17) is 39.9 Å². The number of hydrogen-bond acceptors (Lipinski definition) is 10. The van der Waals surface area contributed by atoms with Crippen LogP contribution in [0, 0.1) is 0 Å². The van der Waals surface area contributed by atoms with Gasteiger partial charge in [-0.15, -0.1) is 47.0 Å². The Morgan fingerprint density at radius 3 is 0.742 bits per heavy atom. The maximum Gasteiger partial charge on any atom is 2.00 e. The summed E-state index contributed by atoms with van der Waals surface area (Å²) < 4.78 is 0. The van der Waals surface area contributed by atoms with Gasteiger partial charge in [-0.1, -0.05) is 283 Å². The largest absolute Gasteiger partial charge is 2.00 e. The minimum Gasteiger partial charge on any atom is -0.357 e. The molecule has 4 aromatic carbocycles. The first-order valence-corrected chi connectivity index (χ1v) is 41.3. The molecule has 0 radical (unpaired) electrons. The van der Waals surface area contributed by atoms with Crippen molar-refractivity contribution in [2.45, 2.75) is 304 Å². The van der Waals surface area contributed by atoms with Gasteiger partial charge in [0.25, 0.3) is 0 Å². The summed E-state index contributed by atoms with van der Waals surface area (Å²) in [5.74, 6) is 6.80. The first-order chi connectivity index (χ1) is 45.5. The maximum atomic E-state index is 5.52. The quantitative estimate of drug-likeness (QED) is 0.0206. The topological polar surface area (TPSA) is 106 Å². The second-order valence-corrected chi connectivity index (χ2v) is 31.1. The third-order valence-electron chi connectivity index (χ3n) is 18.7. The number of nitrogens with zero attached hydrogens (tertiary/aromatic N) is 8. The van der Waals surface area contributed by atoms with Crippen molar-refractivity contribution >= 4 is 91.2 Å². The number of fused-ring (bicyclic) bond motifs is 20. The molecule has 8 nitrogen and oxygen atoms in total. The third kappa shape index (κ3) is 24.3. The molecule has 9 rings (SSSR count). The zero-order chi connectivity index (χ0) is 63.6. The van der Waals surface area contributed by atoms with E-state index in [2.05, 4.69) is 100 Å². The summed E-state index contributed by atoms with van der Waals surface area (Å²) >= 11 is 7.76. The molecule has 3 aromatic heterocycles. The van der Waals surface area contributed by atoms with Crippen molar-refractivity contribution in [3.8, 4) is 45.6 Å². The molecule has 0 atom stereocenters. The molecule has 0 amide bonds. The van der Waals surface area contributed by atoms with Crippen molar-refractivity contribution in [2.75, 3.05) is 23.0 Å². The molecule has 0 fully saturated rings. The standard InChI is InChI=1S/C80H112N8S4.Ni/c1-5-9-13-17-21-25-29-33-37-41-53-89-61-45-49-65-69(57-61)77-82-73(65)81-74-66-50-46-62(90-54-42-38-34-30-26-22-18-14-10-6-2)58-70(66)78(83-74)85-76-68-52-48-64(92-56-44-40-36-32-28-24-20-16-12-8-4)60-72(68)80(87-76)88-79-71-59-63(47-51-67(71)75(84-77)86-79)91-55-43-39-35-31-27-23-19-15-11-7-3;/h45-52,57-60H,5-44,53-56H2,1-4H3;/q-2;+2. The van der Waals surface area contributed by atoms with E-state index < -0.39 is 0 Å². The van der Waals surface area contributed by atoms with E-state index in [1.165, 1.54) is 276 Å². The van der Waals surface area contributed by atoms with E-state index in [1.807, 2.05) is 47.0 Å². The molecule has 2 aliphatic heterocycles. The first-order valence-electron chi connectivity index (χ1n) is 37.3. The second-order valence-electron chi connectivity index (χ2n) is 26.4. The van der Waals surface area contributed by atoms with Gasteiger partial charge in [0.1, 0.15) is 0 Å². The fourth-order valence-corrected chi connectivity index (χ4v) is 16.9. The summed E-state index contributed by atoms with van der Waals surface area (Å²) in [6.07, 6.45) is 53.5. The van der Waals surface area contributed by atoms with Crippen molar-refractivity contribution in [3.63, 3.8) is 0 Å². The molecule has 0 saturated carbocycles. The average Bonchev–Trinajstić information content (AvgIpc) is 1.62.